The summed E-state index contributed by atoms with van der Waals surface area (Å²) in [5.41, 5.74) is 2.86. The summed E-state index contributed by atoms with van der Waals surface area (Å²) in [6, 6.07) is 11.1. The Kier molecular flexibility index (Phi) is 5.39. The van der Waals surface area contributed by atoms with Gasteiger partial charge in [0.1, 0.15) is 11.5 Å². The fourth-order valence-corrected chi connectivity index (χ4v) is 4.29. The number of hydrogen-bond donors (Lipinski definition) is 1. The van der Waals surface area contributed by atoms with Crippen LogP contribution < -0.4 is 9.64 Å². The number of fused-ring (bicyclic) bond motifs is 1. The van der Waals surface area contributed by atoms with Crippen molar-refractivity contribution in [1.29, 1.82) is 0 Å². The van der Waals surface area contributed by atoms with Gasteiger partial charge in [0.25, 0.3) is 5.91 Å². The number of rotatable bonds is 4. The van der Waals surface area contributed by atoms with Crippen molar-refractivity contribution in [2.24, 2.45) is 0 Å². The predicted octanol–water partition coefficient (Wildman–Crippen LogP) is 4.40. The fraction of sp³-hybridized carbons (Fsp3) is 0.435. The van der Waals surface area contributed by atoms with Crippen LogP contribution in [0.5, 0.6) is 11.5 Å². The molecule has 1 unspecified atom stereocenters. The molecular weight excluding hydrogens is 352 g/mol. The number of phenolic OH excluding ortho intramolecular Hbond substituents is 1. The molecule has 1 aliphatic rings. The lowest BCUT2D eigenvalue weighted by atomic mass is 9.79. The fourth-order valence-electron chi connectivity index (χ4n) is 4.29. The van der Waals surface area contributed by atoms with E-state index in [4.69, 9.17) is 4.74 Å². The van der Waals surface area contributed by atoms with Gasteiger partial charge in [-0.2, -0.15) is 0 Å². The van der Waals surface area contributed by atoms with Crippen molar-refractivity contribution in [2.45, 2.75) is 45.2 Å². The topological polar surface area (TPSA) is 53.0 Å². The second kappa shape index (κ2) is 7.47. The first-order chi connectivity index (χ1) is 13.2. The number of hydrogen-bond acceptors (Lipinski definition) is 4. The van der Waals surface area contributed by atoms with E-state index in [1.807, 2.05) is 54.2 Å². The van der Waals surface area contributed by atoms with E-state index in [9.17, 15) is 9.90 Å². The Hall–Kier alpha value is -2.53. The number of phenols is 1. The number of methoxy groups -OCH3 is 1. The Morgan fingerprint density at radius 3 is 2.61 bits per heavy atom. The summed E-state index contributed by atoms with van der Waals surface area (Å²) >= 11 is 0. The van der Waals surface area contributed by atoms with Crippen LogP contribution in [0.1, 0.15) is 54.6 Å². The van der Waals surface area contributed by atoms with Crippen molar-refractivity contribution in [2.75, 3.05) is 26.1 Å². The van der Waals surface area contributed by atoms with Gasteiger partial charge in [-0.3, -0.25) is 4.79 Å². The maximum absolute atomic E-state index is 13.7. The summed E-state index contributed by atoms with van der Waals surface area (Å²) in [7, 11) is 5.50. The molecule has 1 N–H and O–H groups in total. The molecule has 1 amide bonds. The van der Waals surface area contributed by atoms with E-state index in [2.05, 4.69) is 20.8 Å². The van der Waals surface area contributed by atoms with Crippen LogP contribution in [0.4, 0.5) is 5.69 Å². The summed E-state index contributed by atoms with van der Waals surface area (Å²) < 4.78 is 5.44. The molecule has 28 heavy (non-hydrogen) atoms. The molecule has 3 rings (SSSR count). The van der Waals surface area contributed by atoms with E-state index in [0.717, 1.165) is 23.2 Å². The minimum absolute atomic E-state index is 0.0860. The molecular formula is C23H30N2O3. The number of ether oxygens (including phenoxy) is 1. The number of anilines is 1. The van der Waals surface area contributed by atoms with Crippen LogP contribution in [0.15, 0.2) is 36.4 Å². The van der Waals surface area contributed by atoms with E-state index in [-0.39, 0.29) is 23.1 Å². The van der Waals surface area contributed by atoms with Crippen LogP contribution >= 0.6 is 0 Å². The lowest BCUT2D eigenvalue weighted by Gasteiger charge is -2.46. The summed E-state index contributed by atoms with van der Waals surface area (Å²) in [4.78, 5) is 17.5. The van der Waals surface area contributed by atoms with Gasteiger partial charge in [0.15, 0.2) is 0 Å². The zero-order valence-corrected chi connectivity index (χ0v) is 17.6. The molecule has 0 fully saturated rings. The predicted molar refractivity (Wildman–Crippen MR) is 112 cm³/mol. The molecule has 0 aromatic heterocycles. The highest BCUT2D eigenvalue weighted by molar-refractivity contribution is 6.09. The first-order valence-corrected chi connectivity index (χ1v) is 9.64. The molecule has 5 heteroatoms. The number of para-hydroxylation sites is 1. The Balaban J connectivity index is 2.18. The molecule has 0 saturated carbocycles. The summed E-state index contributed by atoms with van der Waals surface area (Å²) in [6.07, 6.45) is 0.813. The average molecular weight is 383 g/mol. The number of carbonyl (C=O) groups excluding carboxylic acids is 1. The Labute approximate surface area is 167 Å². The lowest BCUT2D eigenvalue weighted by Crippen LogP contribution is -2.51. The minimum Gasteiger partial charge on any atom is -0.508 e. The third-order valence-corrected chi connectivity index (χ3v) is 5.44. The zero-order chi connectivity index (χ0) is 20.6. The molecule has 0 saturated heterocycles. The van der Waals surface area contributed by atoms with Crippen molar-refractivity contribution in [3.8, 4) is 11.5 Å². The van der Waals surface area contributed by atoms with Crippen molar-refractivity contribution in [3.05, 3.63) is 53.1 Å². The van der Waals surface area contributed by atoms with Gasteiger partial charge < -0.3 is 19.6 Å². The molecule has 1 aliphatic heterocycles. The molecule has 150 valence electrons. The number of benzene rings is 2. The van der Waals surface area contributed by atoms with Gasteiger partial charge in [0, 0.05) is 23.3 Å². The normalized spacial score (nSPS) is 18.1. The molecule has 2 aromatic rings. The monoisotopic (exact) mass is 382 g/mol. The van der Waals surface area contributed by atoms with Gasteiger partial charge in [-0.25, -0.2) is 0 Å². The third kappa shape index (κ3) is 3.59. The van der Waals surface area contributed by atoms with E-state index < -0.39 is 0 Å². The quantitative estimate of drug-likeness (QED) is 0.852. The first-order valence-electron chi connectivity index (χ1n) is 9.64. The second-order valence-corrected chi connectivity index (χ2v) is 8.54. The van der Waals surface area contributed by atoms with Gasteiger partial charge >= 0.3 is 0 Å². The van der Waals surface area contributed by atoms with Gasteiger partial charge in [-0.05, 0) is 70.1 Å². The van der Waals surface area contributed by atoms with Gasteiger partial charge in [-0.15, -0.1) is 0 Å². The minimum atomic E-state index is -0.364. The molecule has 1 heterocycles. The van der Waals surface area contributed by atoms with Gasteiger partial charge in [0.05, 0.1) is 12.7 Å². The van der Waals surface area contributed by atoms with Crippen molar-refractivity contribution < 1.29 is 14.6 Å². The Morgan fingerprint density at radius 2 is 1.96 bits per heavy atom. The smallest absolute Gasteiger partial charge is 0.262 e. The van der Waals surface area contributed by atoms with Crippen molar-refractivity contribution in [3.63, 3.8) is 0 Å². The molecule has 2 aromatic carbocycles. The van der Waals surface area contributed by atoms with Crippen molar-refractivity contribution >= 4 is 11.6 Å². The summed E-state index contributed by atoms with van der Waals surface area (Å²) in [5, 5.41) is 10.5. The number of aromatic hydroxyl groups is 1. The lowest BCUT2D eigenvalue weighted by molar-refractivity contribution is 0.0950. The maximum atomic E-state index is 13.7. The van der Waals surface area contributed by atoms with Crippen molar-refractivity contribution in [1.82, 2.24) is 4.90 Å². The first kappa shape index (κ1) is 20.2. The highest BCUT2D eigenvalue weighted by atomic mass is 16.5. The third-order valence-electron chi connectivity index (χ3n) is 5.44. The summed E-state index contributed by atoms with van der Waals surface area (Å²) in [5.74, 6) is 1.00. The van der Waals surface area contributed by atoms with Crippen LogP contribution in [-0.4, -0.2) is 42.7 Å². The molecule has 0 aliphatic carbocycles. The highest BCUT2D eigenvalue weighted by Crippen LogP contribution is 2.46. The standard InChI is InChI=1S/C23H30N2O3/c1-15-13-23(2,3)25(22(27)17-9-7-8-10-21(17)28-6)19-11-16(14-24(4)5)20(26)12-18(15)19/h7-12,15,26H,13-14H2,1-6H3. The van der Waals surface area contributed by atoms with Crippen LogP contribution in [0.25, 0.3) is 0 Å². The van der Waals surface area contributed by atoms with Crippen LogP contribution in [-0.2, 0) is 6.54 Å². The average Bonchev–Trinajstić information content (AvgIpc) is 2.62. The van der Waals surface area contributed by atoms with E-state index in [0.29, 0.717) is 17.9 Å². The molecule has 5 nitrogen and oxygen atoms in total. The SMILES string of the molecule is COc1ccccc1C(=O)N1c2cc(CN(C)C)c(O)cc2C(C)CC1(C)C. The highest BCUT2D eigenvalue weighted by Gasteiger charge is 2.41. The number of nitrogens with zero attached hydrogens (tertiary/aromatic N) is 2. The van der Waals surface area contributed by atoms with E-state index in [1.165, 1.54) is 0 Å². The van der Waals surface area contributed by atoms with Gasteiger partial charge in [-0.1, -0.05) is 19.1 Å². The summed E-state index contributed by atoms with van der Waals surface area (Å²) in [6.45, 7) is 6.94. The molecule has 1 atom stereocenters. The maximum Gasteiger partial charge on any atom is 0.262 e. The van der Waals surface area contributed by atoms with Crippen LogP contribution in [0.3, 0.4) is 0 Å². The zero-order valence-electron chi connectivity index (χ0n) is 17.6. The van der Waals surface area contributed by atoms with E-state index >= 15 is 0 Å². The number of amides is 1. The second-order valence-electron chi connectivity index (χ2n) is 8.54. The Bertz CT molecular complexity index is 889. The molecule has 0 spiro atoms. The largest absolute Gasteiger partial charge is 0.508 e. The van der Waals surface area contributed by atoms with Gasteiger partial charge in [0.2, 0.25) is 0 Å². The van der Waals surface area contributed by atoms with E-state index in [1.54, 1.807) is 13.2 Å². The Morgan fingerprint density at radius 1 is 1.29 bits per heavy atom. The van der Waals surface area contributed by atoms with Crippen LogP contribution in [0, 0.1) is 0 Å². The molecule has 0 bridgehead atoms. The number of carbonyl (C=O) groups is 1. The molecule has 0 radical (unpaired) electrons. The van der Waals surface area contributed by atoms with Crippen LogP contribution in [0.2, 0.25) is 0 Å².